The fourth-order valence-corrected chi connectivity index (χ4v) is 4.48. The number of aromatic nitrogens is 2. The minimum absolute atomic E-state index is 0.186. The molecule has 1 aromatic carbocycles. The van der Waals surface area contributed by atoms with Crippen LogP contribution in [0.1, 0.15) is 37.7 Å². The van der Waals surface area contributed by atoms with Gasteiger partial charge < -0.3 is 10.2 Å². The highest BCUT2D eigenvalue weighted by atomic mass is 35.5. The Kier molecular flexibility index (Phi) is 6.02. The van der Waals surface area contributed by atoms with Crippen LogP contribution in [0.2, 0.25) is 5.02 Å². The van der Waals surface area contributed by atoms with E-state index < -0.39 is 0 Å². The molecule has 1 aliphatic heterocycles. The van der Waals surface area contributed by atoms with Crippen LogP contribution in [0.3, 0.4) is 0 Å². The van der Waals surface area contributed by atoms with Gasteiger partial charge in [0, 0.05) is 37.1 Å². The predicted molar refractivity (Wildman–Crippen MR) is 111 cm³/mol. The summed E-state index contributed by atoms with van der Waals surface area (Å²) in [7, 11) is 0. The Morgan fingerprint density at radius 1 is 1.25 bits per heavy atom. The van der Waals surface area contributed by atoms with Gasteiger partial charge in [-0.3, -0.25) is 9.48 Å². The lowest BCUT2D eigenvalue weighted by atomic mass is 9.93. The molecule has 2 fully saturated rings. The molecule has 1 atom stereocenters. The summed E-state index contributed by atoms with van der Waals surface area (Å²) in [5.74, 6) is 0.731. The number of hydrogen-bond acceptors (Lipinski definition) is 3. The van der Waals surface area contributed by atoms with Gasteiger partial charge in [-0.25, -0.2) is 0 Å². The van der Waals surface area contributed by atoms with Crippen LogP contribution >= 0.6 is 11.6 Å². The summed E-state index contributed by atoms with van der Waals surface area (Å²) in [5.41, 5.74) is 0.779. The van der Waals surface area contributed by atoms with E-state index in [1.807, 2.05) is 47.4 Å². The molecule has 0 unspecified atom stereocenters. The van der Waals surface area contributed by atoms with Crippen molar-refractivity contribution in [2.24, 2.45) is 5.92 Å². The van der Waals surface area contributed by atoms with Crippen LogP contribution in [0, 0.1) is 5.92 Å². The first kappa shape index (κ1) is 19.5. The Bertz CT molecular complexity index is 770. The molecule has 28 heavy (non-hydrogen) atoms. The van der Waals surface area contributed by atoms with Crippen molar-refractivity contribution in [2.75, 3.05) is 26.2 Å². The van der Waals surface area contributed by atoms with Crippen molar-refractivity contribution in [2.45, 2.75) is 44.1 Å². The minimum Gasteiger partial charge on any atom is -0.355 e. The summed E-state index contributed by atoms with van der Waals surface area (Å²) in [4.78, 5) is 15.4. The first-order chi connectivity index (χ1) is 13.7. The highest BCUT2D eigenvalue weighted by molar-refractivity contribution is 6.30. The molecule has 1 aliphatic carbocycles. The molecule has 2 aliphatic rings. The van der Waals surface area contributed by atoms with Gasteiger partial charge in [0.1, 0.15) is 0 Å². The van der Waals surface area contributed by atoms with Crippen molar-refractivity contribution in [3.05, 3.63) is 53.3 Å². The maximum absolute atomic E-state index is 12.9. The summed E-state index contributed by atoms with van der Waals surface area (Å²) in [6.07, 6.45) is 9.24. The van der Waals surface area contributed by atoms with Crippen LogP contribution in [-0.2, 0) is 16.8 Å². The molecule has 2 aromatic rings. The summed E-state index contributed by atoms with van der Waals surface area (Å²) >= 11 is 5.99. The summed E-state index contributed by atoms with van der Waals surface area (Å²) in [6.45, 7) is 5.09. The van der Waals surface area contributed by atoms with Crippen molar-refractivity contribution < 1.29 is 4.79 Å². The number of amides is 1. The van der Waals surface area contributed by atoms with Crippen molar-refractivity contribution in [1.29, 1.82) is 0 Å². The molecule has 1 amide bonds. The van der Waals surface area contributed by atoms with Crippen LogP contribution in [0.15, 0.2) is 42.7 Å². The van der Waals surface area contributed by atoms with Crippen LogP contribution in [0.5, 0.6) is 0 Å². The molecule has 1 saturated carbocycles. The Labute approximate surface area is 172 Å². The molecule has 1 saturated heterocycles. The number of halogens is 1. The summed E-state index contributed by atoms with van der Waals surface area (Å²) < 4.78 is 1.99. The normalized spacial score (nSPS) is 21.4. The standard InChI is InChI=1S/C22H29ClN4O/c23-20-7-5-19(6-8-20)22(9-10-22)21(28)24-16-18-4-1-12-26(17-18)13-3-15-27-14-2-11-25-27/h2,5-8,11,14,18H,1,3-4,9-10,12-13,15-17H2,(H,24,28)/t18-/m0/s1. The Morgan fingerprint density at radius 2 is 2.07 bits per heavy atom. The van der Waals surface area contributed by atoms with Gasteiger partial charge in [0.25, 0.3) is 0 Å². The average molecular weight is 401 g/mol. The van der Waals surface area contributed by atoms with Crippen molar-refractivity contribution in [3.8, 4) is 0 Å². The monoisotopic (exact) mass is 400 g/mol. The topological polar surface area (TPSA) is 50.2 Å². The minimum atomic E-state index is -0.317. The van der Waals surface area contributed by atoms with Crippen LogP contribution in [0.4, 0.5) is 0 Å². The molecule has 0 radical (unpaired) electrons. The Hall–Kier alpha value is -1.85. The molecule has 0 bridgehead atoms. The molecule has 1 aromatic heterocycles. The first-order valence-corrected chi connectivity index (χ1v) is 10.8. The van der Waals surface area contributed by atoms with Gasteiger partial charge in [-0.2, -0.15) is 5.10 Å². The lowest BCUT2D eigenvalue weighted by Gasteiger charge is -2.33. The van der Waals surface area contributed by atoms with E-state index in [9.17, 15) is 4.79 Å². The number of piperidine rings is 1. The zero-order valence-corrected chi connectivity index (χ0v) is 17.1. The van der Waals surface area contributed by atoms with Crippen molar-refractivity contribution in [3.63, 3.8) is 0 Å². The lowest BCUT2D eigenvalue weighted by Crippen LogP contribution is -2.43. The number of benzene rings is 1. The number of hydrogen-bond donors (Lipinski definition) is 1. The average Bonchev–Trinajstić information content (AvgIpc) is 3.36. The largest absolute Gasteiger partial charge is 0.355 e. The van der Waals surface area contributed by atoms with Crippen LogP contribution in [-0.4, -0.2) is 46.8 Å². The number of aryl methyl sites for hydroxylation is 1. The molecule has 5 nitrogen and oxygen atoms in total. The molecule has 150 valence electrons. The Morgan fingerprint density at radius 3 is 2.79 bits per heavy atom. The van der Waals surface area contributed by atoms with E-state index in [0.717, 1.165) is 62.6 Å². The molecule has 2 heterocycles. The number of likely N-dealkylation sites (tertiary alicyclic amines) is 1. The highest BCUT2D eigenvalue weighted by Gasteiger charge is 2.51. The van der Waals surface area contributed by atoms with Crippen molar-refractivity contribution >= 4 is 17.5 Å². The molecule has 4 rings (SSSR count). The van der Waals surface area contributed by atoms with E-state index in [4.69, 9.17) is 11.6 Å². The third kappa shape index (κ3) is 4.58. The van der Waals surface area contributed by atoms with Gasteiger partial charge in [-0.15, -0.1) is 0 Å². The van der Waals surface area contributed by atoms with Gasteiger partial charge in [0.15, 0.2) is 0 Å². The molecule has 6 heteroatoms. The van der Waals surface area contributed by atoms with E-state index in [0.29, 0.717) is 5.92 Å². The second-order valence-corrected chi connectivity index (χ2v) is 8.67. The summed E-state index contributed by atoms with van der Waals surface area (Å²) in [5, 5.41) is 8.24. The summed E-state index contributed by atoms with van der Waals surface area (Å²) in [6, 6.07) is 9.73. The zero-order valence-electron chi connectivity index (χ0n) is 16.3. The van der Waals surface area contributed by atoms with Crippen LogP contribution in [0.25, 0.3) is 0 Å². The van der Waals surface area contributed by atoms with E-state index in [1.54, 1.807) is 0 Å². The predicted octanol–water partition coefficient (Wildman–Crippen LogP) is 3.49. The van der Waals surface area contributed by atoms with Gasteiger partial charge in [-0.1, -0.05) is 23.7 Å². The smallest absolute Gasteiger partial charge is 0.230 e. The van der Waals surface area contributed by atoms with Crippen LogP contribution < -0.4 is 5.32 Å². The van der Waals surface area contributed by atoms with E-state index >= 15 is 0 Å². The van der Waals surface area contributed by atoms with Crippen molar-refractivity contribution in [1.82, 2.24) is 20.0 Å². The fourth-order valence-electron chi connectivity index (χ4n) is 4.36. The SMILES string of the molecule is O=C(NC[C@@H]1CCCN(CCCn2cccn2)C1)C1(c2ccc(Cl)cc2)CC1. The quantitative estimate of drug-likeness (QED) is 0.737. The number of nitrogens with zero attached hydrogens (tertiary/aromatic N) is 3. The lowest BCUT2D eigenvalue weighted by molar-refractivity contribution is -0.123. The zero-order chi connectivity index (χ0) is 19.4. The van der Waals surface area contributed by atoms with Gasteiger partial charge >= 0.3 is 0 Å². The third-order valence-electron chi connectivity index (χ3n) is 6.16. The molecular formula is C22H29ClN4O. The fraction of sp³-hybridized carbons (Fsp3) is 0.545. The third-order valence-corrected chi connectivity index (χ3v) is 6.41. The maximum atomic E-state index is 12.9. The van der Waals surface area contributed by atoms with Gasteiger partial charge in [0.2, 0.25) is 5.91 Å². The highest BCUT2D eigenvalue weighted by Crippen LogP contribution is 2.48. The molecular weight excluding hydrogens is 372 g/mol. The van der Waals surface area contributed by atoms with Gasteiger partial charge in [0.05, 0.1) is 5.41 Å². The Balaban J connectivity index is 1.23. The second kappa shape index (κ2) is 8.66. The second-order valence-electron chi connectivity index (χ2n) is 8.23. The van der Waals surface area contributed by atoms with E-state index in [-0.39, 0.29) is 11.3 Å². The number of carbonyl (C=O) groups excluding carboxylic acids is 1. The van der Waals surface area contributed by atoms with E-state index in [1.165, 1.54) is 12.8 Å². The molecule has 1 N–H and O–H groups in total. The van der Waals surface area contributed by atoms with Gasteiger partial charge in [-0.05, 0) is 74.9 Å². The number of carbonyl (C=O) groups is 1. The first-order valence-electron chi connectivity index (χ1n) is 10.4. The number of rotatable bonds is 8. The van der Waals surface area contributed by atoms with E-state index in [2.05, 4.69) is 15.3 Å². The molecule has 0 spiro atoms. The number of nitrogens with one attached hydrogen (secondary N) is 1. The maximum Gasteiger partial charge on any atom is 0.230 e.